The summed E-state index contributed by atoms with van der Waals surface area (Å²) in [6.45, 7) is 2.04. The van der Waals surface area contributed by atoms with Crippen LogP contribution in [0, 0.1) is 0 Å². The van der Waals surface area contributed by atoms with Crippen LogP contribution in [0.25, 0.3) is 10.3 Å². The Bertz CT molecular complexity index is 369. The third-order valence-corrected chi connectivity index (χ3v) is 2.10. The molecule has 0 fully saturated rings. The molecule has 0 radical (unpaired) electrons. The van der Waals surface area contributed by atoms with Crippen molar-refractivity contribution < 1.29 is 0 Å². The van der Waals surface area contributed by atoms with E-state index in [4.69, 9.17) is 0 Å². The number of fused-ring (bicyclic) bond motifs is 1. The van der Waals surface area contributed by atoms with E-state index >= 15 is 0 Å². The molecule has 0 bridgehead atoms. The van der Waals surface area contributed by atoms with Crippen LogP contribution in [-0.4, -0.2) is 19.6 Å². The molecule has 0 aliphatic carbocycles. The first-order chi connectivity index (χ1) is 5.42. The highest BCUT2D eigenvalue weighted by Crippen LogP contribution is 2.14. The van der Waals surface area contributed by atoms with Crippen molar-refractivity contribution >= 4 is 21.9 Å². The van der Waals surface area contributed by atoms with Crippen molar-refractivity contribution in [3.63, 3.8) is 0 Å². The SMILES string of the molecule is CCc1ncnc2snnc12. The maximum atomic E-state index is 4.09. The van der Waals surface area contributed by atoms with Crippen molar-refractivity contribution in [2.24, 2.45) is 0 Å². The van der Waals surface area contributed by atoms with E-state index in [0.717, 1.165) is 22.5 Å². The average Bonchev–Trinajstić information content (AvgIpc) is 2.50. The van der Waals surface area contributed by atoms with E-state index in [0.29, 0.717) is 0 Å². The molecular formula is C6H6N4S. The summed E-state index contributed by atoms with van der Waals surface area (Å²) < 4.78 is 3.80. The normalized spacial score (nSPS) is 10.6. The molecule has 4 nitrogen and oxygen atoms in total. The number of hydrogen-bond acceptors (Lipinski definition) is 5. The molecule has 5 heteroatoms. The second kappa shape index (κ2) is 2.50. The maximum absolute atomic E-state index is 4.09. The molecule has 0 N–H and O–H groups in total. The average molecular weight is 166 g/mol. The minimum atomic E-state index is 0.847. The molecule has 56 valence electrons. The van der Waals surface area contributed by atoms with Crippen molar-refractivity contribution in [1.29, 1.82) is 0 Å². The highest BCUT2D eigenvalue weighted by Gasteiger charge is 2.03. The number of aryl methyl sites for hydroxylation is 1. The van der Waals surface area contributed by atoms with Crippen molar-refractivity contribution in [2.75, 3.05) is 0 Å². The minimum Gasteiger partial charge on any atom is -0.239 e. The molecule has 2 aromatic rings. The van der Waals surface area contributed by atoms with Gasteiger partial charge in [-0.05, 0) is 6.42 Å². The van der Waals surface area contributed by atoms with Crippen LogP contribution in [-0.2, 0) is 6.42 Å². The molecule has 0 unspecified atom stereocenters. The first-order valence-electron chi connectivity index (χ1n) is 3.33. The summed E-state index contributed by atoms with van der Waals surface area (Å²) in [4.78, 5) is 8.99. The van der Waals surface area contributed by atoms with Crippen LogP contribution in [0.15, 0.2) is 6.33 Å². The fraction of sp³-hybridized carbons (Fsp3) is 0.333. The van der Waals surface area contributed by atoms with Crippen LogP contribution in [0.1, 0.15) is 12.6 Å². The van der Waals surface area contributed by atoms with E-state index in [-0.39, 0.29) is 0 Å². The van der Waals surface area contributed by atoms with Crippen LogP contribution in [0.4, 0.5) is 0 Å². The summed E-state index contributed by atoms with van der Waals surface area (Å²) in [5.74, 6) is 0. The van der Waals surface area contributed by atoms with E-state index in [1.54, 1.807) is 6.33 Å². The van der Waals surface area contributed by atoms with Crippen molar-refractivity contribution in [1.82, 2.24) is 19.6 Å². The van der Waals surface area contributed by atoms with E-state index in [1.807, 2.05) is 6.92 Å². The largest absolute Gasteiger partial charge is 0.239 e. The number of nitrogens with zero attached hydrogens (tertiary/aromatic N) is 4. The van der Waals surface area contributed by atoms with Crippen LogP contribution < -0.4 is 0 Å². The molecule has 0 amide bonds. The zero-order chi connectivity index (χ0) is 7.68. The van der Waals surface area contributed by atoms with Crippen molar-refractivity contribution in [2.45, 2.75) is 13.3 Å². The topological polar surface area (TPSA) is 51.6 Å². The molecule has 2 rings (SSSR count). The summed E-state index contributed by atoms with van der Waals surface area (Å²) in [5.41, 5.74) is 1.82. The van der Waals surface area contributed by atoms with Gasteiger partial charge in [0.15, 0.2) is 4.83 Å². The van der Waals surface area contributed by atoms with Crippen molar-refractivity contribution in [3.8, 4) is 0 Å². The standard InChI is InChI=1S/C6H6N4S/c1-2-4-5-6(8-3-7-4)11-10-9-5/h3H,2H2,1H3. The lowest BCUT2D eigenvalue weighted by atomic mass is 10.3. The Balaban J connectivity index is 2.79. The van der Waals surface area contributed by atoms with Crippen LogP contribution >= 0.6 is 11.5 Å². The highest BCUT2D eigenvalue weighted by atomic mass is 32.1. The van der Waals surface area contributed by atoms with Gasteiger partial charge in [0.1, 0.15) is 11.8 Å². The molecule has 2 aromatic heterocycles. The predicted octanol–water partition coefficient (Wildman–Crippen LogP) is 1.04. The molecule has 0 aliphatic heterocycles. The van der Waals surface area contributed by atoms with Gasteiger partial charge in [0.2, 0.25) is 0 Å². The van der Waals surface area contributed by atoms with Gasteiger partial charge in [-0.25, -0.2) is 9.97 Å². The van der Waals surface area contributed by atoms with Crippen LogP contribution in [0.2, 0.25) is 0 Å². The van der Waals surface area contributed by atoms with Gasteiger partial charge in [-0.15, -0.1) is 5.10 Å². The van der Waals surface area contributed by atoms with Crippen LogP contribution in [0.5, 0.6) is 0 Å². The van der Waals surface area contributed by atoms with Gasteiger partial charge in [0, 0.05) is 11.5 Å². The van der Waals surface area contributed by atoms with Crippen LogP contribution in [0.3, 0.4) is 0 Å². The predicted molar refractivity (Wildman–Crippen MR) is 42.4 cm³/mol. The maximum Gasteiger partial charge on any atom is 0.167 e. The van der Waals surface area contributed by atoms with Gasteiger partial charge in [-0.1, -0.05) is 11.4 Å². The Morgan fingerprint density at radius 3 is 3.18 bits per heavy atom. The number of rotatable bonds is 1. The lowest BCUT2D eigenvalue weighted by molar-refractivity contribution is 1.01. The lowest BCUT2D eigenvalue weighted by Gasteiger charge is -1.91. The second-order valence-electron chi connectivity index (χ2n) is 2.10. The fourth-order valence-corrected chi connectivity index (χ4v) is 1.46. The van der Waals surface area contributed by atoms with Crippen molar-refractivity contribution in [3.05, 3.63) is 12.0 Å². The Kier molecular flexibility index (Phi) is 1.50. The summed E-state index contributed by atoms with van der Waals surface area (Å²) >= 11 is 1.30. The Labute approximate surface area is 67.5 Å². The minimum absolute atomic E-state index is 0.847. The third kappa shape index (κ3) is 0.970. The molecule has 0 aromatic carbocycles. The molecule has 0 saturated carbocycles. The molecule has 0 aliphatic rings. The molecule has 0 atom stereocenters. The molecule has 0 saturated heterocycles. The summed E-state index contributed by atoms with van der Waals surface area (Å²) in [5, 5.41) is 3.93. The van der Waals surface area contributed by atoms with Gasteiger partial charge < -0.3 is 0 Å². The zero-order valence-electron chi connectivity index (χ0n) is 5.98. The second-order valence-corrected chi connectivity index (χ2v) is 2.83. The van der Waals surface area contributed by atoms with Gasteiger partial charge in [-0.2, -0.15) is 0 Å². The van der Waals surface area contributed by atoms with E-state index in [2.05, 4.69) is 19.6 Å². The Hall–Kier alpha value is -1.10. The smallest absolute Gasteiger partial charge is 0.167 e. The first-order valence-corrected chi connectivity index (χ1v) is 4.11. The zero-order valence-corrected chi connectivity index (χ0v) is 6.80. The monoisotopic (exact) mass is 166 g/mol. The molecule has 2 heterocycles. The van der Waals surface area contributed by atoms with Gasteiger partial charge in [-0.3, -0.25) is 0 Å². The molecule has 11 heavy (non-hydrogen) atoms. The first kappa shape index (κ1) is 6.60. The number of hydrogen-bond donors (Lipinski definition) is 0. The Morgan fingerprint density at radius 1 is 1.45 bits per heavy atom. The van der Waals surface area contributed by atoms with E-state index in [9.17, 15) is 0 Å². The van der Waals surface area contributed by atoms with Gasteiger partial charge in [0.05, 0.1) is 5.69 Å². The lowest BCUT2D eigenvalue weighted by Crippen LogP contribution is -1.89. The quantitative estimate of drug-likeness (QED) is 0.635. The van der Waals surface area contributed by atoms with Gasteiger partial charge >= 0.3 is 0 Å². The van der Waals surface area contributed by atoms with Gasteiger partial charge in [0.25, 0.3) is 0 Å². The molecular weight excluding hydrogens is 160 g/mol. The molecule has 0 spiro atoms. The highest BCUT2D eigenvalue weighted by molar-refractivity contribution is 7.12. The summed E-state index contributed by atoms with van der Waals surface area (Å²) in [6.07, 6.45) is 2.44. The summed E-state index contributed by atoms with van der Waals surface area (Å²) in [7, 11) is 0. The summed E-state index contributed by atoms with van der Waals surface area (Å²) in [6, 6.07) is 0. The number of aromatic nitrogens is 4. The van der Waals surface area contributed by atoms with E-state index in [1.165, 1.54) is 11.5 Å². The third-order valence-electron chi connectivity index (χ3n) is 1.47. The van der Waals surface area contributed by atoms with E-state index < -0.39 is 0 Å². The fourth-order valence-electron chi connectivity index (χ4n) is 0.923. The Morgan fingerprint density at radius 2 is 2.36 bits per heavy atom.